The molecule has 0 saturated carbocycles. The Kier molecular flexibility index (Phi) is 3.00. The van der Waals surface area contributed by atoms with Gasteiger partial charge in [0.25, 0.3) is 0 Å². The van der Waals surface area contributed by atoms with Crippen LogP contribution in [0.1, 0.15) is 30.1 Å². The predicted molar refractivity (Wildman–Crippen MR) is 55.1 cm³/mol. The van der Waals surface area contributed by atoms with E-state index in [0.29, 0.717) is 5.56 Å². The van der Waals surface area contributed by atoms with E-state index in [2.05, 4.69) is 6.07 Å². The van der Waals surface area contributed by atoms with Crippen molar-refractivity contribution < 1.29 is 9.84 Å². The van der Waals surface area contributed by atoms with Crippen molar-refractivity contribution in [1.29, 1.82) is 5.26 Å². The summed E-state index contributed by atoms with van der Waals surface area (Å²) in [6, 6.07) is 9.57. The second-order valence-corrected chi connectivity index (χ2v) is 3.74. The van der Waals surface area contributed by atoms with Gasteiger partial charge in [0, 0.05) is 0 Å². The minimum atomic E-state index is -0.0410. The van der Waals surface area contributed by atoms with Gasteiger partial charge < -0.3 is 9.84 Å². The van der Waals surface area contributed by atoms with Gasteiger partial charge >= 0.3 is 0 Å². The van der Waals surface area contributed by atoms with Crippen LogP contribution in [0.2, 0.25) is 0 Å². The smallest absolute Gasteiger partial charge is 0.0991 e. The third-order valence-corrected chi connectivity index (χ3v) is 2.70. The lowest BCUT2D eigenvalue weighted by Gasteiger charge is -2.12. The molecule has 2 rings (SSSR count). The van der Waals surface area contributed by atoms with E-state index in [1.54, 1.807) is 6.07 Å². The molecule has 1 aliphatic rings. The molecule has 1 N–H and O–H groups in total. The van der Waals surface area contributed by atoms with Crippen molar-refractivity contribution in [3.8, 4) is 6.07 Å². The van der Waals surface area contributed by atoms with Crippen molar-refractivity contribution in [3.63, 3.8) is 0 Å². The van der Waals surface area contributed by atoms with E-state index in [1.807, 2.05) is 18.2 Å². The van der Waals surface area contributed by atoms with Crippen LogP contribution in [0, 0.1) is 11.3 Å². The summed E-state index contributed by atoms with van der Waals surface area (Å²) in [5.74, 6) is 0. The average molecular weight is 203 g/mol. The molecule has 15 heavy (non-hydrogen) atoms. The number of hydrogen-bond donors (Lipinski definition) is 1. The Hall–Kier alpha value is -1.37. The maximum absolute atomic E-state index is 8.95. The molecule has 1 aromatic carbocycles. The van der Waals surface area contributed by atoms with E-state index in [-0.39, 0.29) is 18.8 Å². The van der Waals surface area contributed by atoms with E-state index < -0.39 is 0 Å². The topological polar surface area (TPSA) is 53.2 Å². The third-order valence-electron chi connectivity index (χ3n) is 2.70. The highest BCUT2D eigenvalue weighted by atomic mass is 16.5. The quantitative estimate of drug-likeness (QED) is 0.797. The van der Waals surface area contributed by atoms with Gasteiger partial charge in [0.1, 0.15) is 0 Å². The molecule has 3 nitrogen and oxygen atoms in total. The van der Waals surface area contributed by atoms with Gasteiger partial charge in [0.05, 0.1) is 30.4 Å². The van der Waals surface area contributed by atoms with Crippen molar-refractivity contribution in [1.82, 2.24) is 0 Å². The van der Waals surface area contributed by atoms with Crippen molar-refractivity contribution >= 4 is 0 Å². The van der Waals surface area contributed by atoms with Gasteiger partial charge in [0.15, 0.2) is 0 Å². The van der Waals surface area contributed by atoms with Crippen LogP contribution in [-0.2, 0) is 4.74 Å². The first-order chi connectivity index (χ1) is 7.33. The Balaban J connectivity index is 2.14. The monoisotopic (exact) mass is 203 g/mol. The fourth-order valence-corrected chi connectivity index (χ4v) is 1.89. The number of aliphatic hydroxyl groups excluding tert-OH is 1. The standard InChI is InChI=1S/C12H13NO2/c13-7-9-2-1-3-10(6-9)12-5-4-11(8-14)15-12/h1-3,6,11-12,14H,4-5,8H2. The van der Waals surface area contributed by atoms with Crippen LogP contribution < -0.4 is 0 Å². The van der Waals surface area contributed by atoms with Gasteiger partial charge in [-0.15, -0.1) is 0 Å². The Labute approximate surface area is 88.9 Å². The molecule has 1 aliphatic heterocycles. The van der Waals surface area contributed by atoms with Crippen LogP contribution in [0.25, 0.3) is 0 Å². The van der Waals surface area contributed by atoms with Crippen LogP contribution >= 0.6 is 0 Å². The molecule has 78 valence electrons. The van der Waals surface area contributed by atoms with Crippen molar-refractivity contribution in [2.24, 2.45) is 0 Å². The average Bonchev–Trinajstić information content (AvgIpc) is 2.78. The molecule has 1 saturated heterocycles. The molecule has 0 bridgehead atoms. The highest BCUT2D eigenvalue weighted by molar-refractivity contribution is 5.34. The predicted octanol–water partition coefficient (Wildman–Crippen LogP) is 1.77. The molecule has 1 heterocycles. The van der Waals surface area contributed by atoms with Crippen molar-refractivity contribution in [2.75, 3.05) is 6.61 Å². The highest BCUT2D eigenvalue weighted by Crippen LogP contribution is 2.32. The largest absolute Gasteiger partial charge is 0.394 e. The van der Waals surface area contributed by atoms with Gasteiger partial charge in [-0.05, 0) is 30.5 Å². The molecule has 0 aliphatic carbocycles. The summed E-state index contributed by atoms with van der Waals surface area (Å²) in [7, 11) is 0. The maximum Gasteiger partial charge on any atom is 0.0991 e. The Morgan fingerprint density at radius 3 is 3.00 bits per heavy atom. The summed E-state index contributed by atoms with van der Waals surface area (Å²) in [5.41, 5.74) is 1.69. The first-order valence-electron chi connectivity index (χ1n) is 5.10. The van der Waals surface area contributed by atoms with Crippen molar-refractivity contribution in [3.05, 3.63) is 35.4 Å². The number of aliphatic hydroxyl groups is 1. The molecule has 2 atom stereocenters. The van der Waals surface area contributed by atoms with Gasteiger partial charge in [-0.2, -0.15) is 5.26 Å². The van der Waals surface area contributed by atoms with Crippen molar-refractivity contribution in [2.45, 2.75) is 25.0 Å². The minimum Gasteiger partial charge on any atom is -0.394 e. The molecular formula is C12H13NO2. The molecule has 0 aromatic heterocycles. The number of ether oxygens (including phenoxy) is 1. The molecule has 0 spiro atoms. The van der Waals surface area contributed by atoms with Gasteiger partial charge in [-0.1, -0.05) is 12.1 Å². The molecular weight excluding hydrogens is 190 g/mol. The fraction of sp³-hybridized carbons (Fsp3) is 0.417. The van der Waals surface area contributed by atoms with Crippen LogP contribution in [-0.4, -0.2) is 17.8 Å². The fourth-order valence-electron chi connectivity index (χ4n) is 1.89. The Bertz CT molecular complexity index is 383. The zero-order valence-corrected chi connectivity index (χ0v) is 8.39. The Morgan fingerprint density at radius 2 is 2.33 bits per heavy atom. The number of nitriles is 1. The van der Waals surface area contributed by atoms with E-state index in [1.165, 1.54) is 0 Å². The molecule has 0 radical (unpaired) electrons. The number of benzene rings is 1. The lowest BCUT2D eigenvalue weighted by molar-refractivity contribution is 0.0110. The summed E-state index contributed by atoms with van der Waals surface area (Å²) < 4.78 is 5.64. The number of hydrogen-bond acceptors (Lipinski definition) is 3. The lowest BCUT2D eigenvalue weighted by Crippen LogP contribution is -2.11. The second-order valence-electron chi connectivity index (χ2n) is 3.74. The first-order valence-corrected chi connectivity index (χ1v) is 5.10. The Morgan fingerprint density at radius 1 is 1.47 bits per heavy atom. The lowest BCUT2D eigenvalue weighted by atomic mass is 10.0. The SMILES string of the molecule is N#Cc1cccc(C2CCC(CO)O2)c1. The molecule has 1 aromatic rings. The number of nitrogens with zero attached hydrogens (tertiary/aromatic N) is 1. The van der Waals surface area contributed by atoms with Crippen LogP contribution in [0.4, 0.5) is 0 Å². The van der Waals surface area contributed by atoms with E-state index in [4.69, 9.17) is 15.1 Å². The maximum atomic E-state index is 8.95. The second kappa shape index (κ2) is 4.43. The third kappa shape index (κ3) is 2.17. The van der Waals surface area contributed by atoms with E-state index >= 15 is 0 Å². The molecule has 1 fully saturated rings. The summed E-state index contributed by atoms with van der Waals surface area (Å²) in [6.45, 7) is 0.0778. The highest BCUT2D eigenvalue weighted by Gasteiger charge is 2.25. The molecule has 0 amide bonds. The van der Waals surface area contributed by atoms with Crippen LogP contribution in [0.5, 0.6) is 0 Å². The summed E-state index contributed by atoms with van der Waals surface area (Å²) >= 11 is 0. The summed E-state index contributed by atoms with van der Waals surface area (Å²) in [6.07, 6.45) is 1.80. The molecule has 3 heteroatoms. The first kappa shape index (κ1) is 10.2. The van der Waals surface area contributed by atoms with E-state index in [0.717, 1.165) is 18.4 Å². The normalized spacial score (nSPS) is 25.1. The van der Waals surface area contributed by atoms with Crippen LogP contribution in [0.3, 0.4) is 0 Å². The van der Waals surface area contributed by atoms with Gasteiger partial charge in [0.2, 0.25) is 0 Å². The van der Waals surface area contributed by atoms with Gasteiger partial charge in [-0.3, -0.25) is 0 Å². The van der Waals surface area contributed by atoms with Crippen LogP contribution in [0.15, 0.2) is 24.3 Å². The minimum absolute atomic E-state index is 0.0375. The summed E-state index contributed by atoms with van der Waals surface area (Å²) in [5, 5.41) is 17.7. The zero-order valence-electron chi connectivity index (χ0n) is 8.39. The van der Waals surface area contributed by atoms with Gasteiger partial charge in [-0.25, -0.2) is 0 Å². The number of rotatable bonds is 2. The van der Waals surface area contributed by atoms with E-state index in [9.17, 15) is 0 Å². The summed E-state index contributed by atoms with van der Waals surface area (Å²) in [4.78, 5) is 0. The zero-order chi connectivity index (χ0) is 10.7. The molecule has 2 unspecified atom stereocenters.